The van der Waals surface area contributed by atoms with Gasteiger partial charge in [0.05, 0.1) is 12.0 Å². The Labute approximate surface area is 126 Å². The summed E-state index contributed by atoms with van der Waals surface area (Å²) in [5.74, 6) is 0.212. The molecular weight excluding hydrogens is 344 g/mol. The SMILES string of the molecule is COc1ncc(Br)cc1NS(=O)(=O)c1ccc(C)cc1. The fourth-order valence-electron chi connectivity index (χ4n) is 1.58. The zero-order valence-corrected chi connectivity index (χ0v) is 13.3. The molecule has 1 aromatic carbocycles. The zero-order valence-electron chi connectivity index (χ0n) is 10.9. The van der Waals surface area contributed by atoms with Crippen molar-refractivity contribution >= 4 is 31.6 Å². The van der Waals surface area contributed by atoms with E-state index in [4.69, 9.17) is 4.74 Å². The first-order chi connectivity index (χ1) is 9.42. The molecule has 106 valence electrons. The van der Waals surface area contributed by atoms with E-state index in [1.54, 1.807) is 30.3 Å². The van der Waals surface area contributed by atoms with E-state index in [1.165, 1.54) is 13.3 Å². The number of nitrogens with one attached hydrogen (secondary N) is 1. The second kappa shape index (κ2) is 5.80. The lowest BCUT2D eigenvalue weighted by Crippen LogP contribution is -2.14. The number of hydrogen-bond donors (Lipinski definition) is 1. The Bertz CT molecular complexity index is 715. The number of aromatic nitrogens is 1. The highest BCUT2D eigenvalue weighted by Gasteiger charge is 2.17. The maximum absolute atomic E-state index is 12.3. The molecule has 0 atom stereocenters. The van der Waals surface area contributed by atoms with Crippen LogP contribution in [0.15, 0.2) is 45.9 Å². The Morgan fingerprint density at radius 2 is 1.90 bits per heavy atom. The molecule has 1 N–H and O–H groups in total. The molecule has 0 amide bonds. The quantitative estimate of drug-likeness (QED) is 0.914. The largest absolute Gasteiger partial charge is 0.479 e. The molecule has 0 aliphatic carbocycles. The van der Waals surface area contributed by atoms with Crippen molar-refractivity contribution in [2.45, 2.75) is 11.8 Å². The number of benzene rings is 1. The summed E-state index contributed by atoms with van der Waals surface area (Å²) < 4.78 is 32.7. The average Bonchev–Trinajstić information content (AvgIpc) is 2.39. The molecule has 0 saturated carbocycles. The fraction of sp³-hybridized carbons (Fsp3) is 0.154. The molecule has 1 heterocycles. The number of anilines is 1. The Morgan fingerprint density at radius 3 is 2.50 bits per heavy atom. The fourth-order valence-corrected chi connectivity index (χ4v) is 2.96. The zero-order chi connectivity index (χ0) is 14.8. The number of aryl methyl sites for hydroxylation is 1. The van der Waals surface area contributed by atoms with E-state index >= 15 is 0 Å². The number of halogens is 1. The van der Waals surface area contributed by atoms with Gasteiger partial charge in [-0.2, -0.15) is 0 Å². The summed E-state index contributed by atoms with van der Waals surface area (Å²) in [6.07, 6.45) is 1.53. The van der Waals surface area contributed by atoms with Crippen LogP contribution in [0.5, 0.6) is 5.88 Å². The standard InChI is InChI=1S/C13H13BrN2O3S/c1-9-3-5-11(6-4-9)20(17,18)16-12-7-10(14)8-15-13(12)19-2/h3-8,16H,1-2H3. The number of methoxy groups -OCH3 is 1. The van der Waals surface area contributed by atoms with E-state index in [-0.39, 0.29) is 16.5 Å². The number of rotatable bonds is 4. The van der Waals surface area contributed by atoms with Gasteiger partial charge >= 0.3 is 0 Å². The van der Waals surface area contributed by atoms with Crippen LogP contribution in [0.25, 0.3) is 0 Å². The lowest BCUT2D eigenvalue weighted by molar-refractivity contribution is 0.400. The molecule has 0 saturated heterocycles. The third-order valence-electron chi connectivity index (χ3n) is 2.59. The topological polar surface area (TPSA) is 68.3 Å². The minimum Gasteiger partial charge on any atom is -0.479 e. The van der Waals surface area contributed by atoms with Gasteiger partial charge in [0.15, 0.2) is 0 Å². The van der Waals surface area contributed by atoms with Gasteiger partial charge in [-0.25, -0.2) is 13.4 Å². The molecule has 0 aliphatic heterocycles. The normalized spacial score (nSPS) is 11.2. The molecule has 2 aromatic rings. The van der Waals surface area contributed by atoms with Crippen molar-refractivity contribution in [2.75, 3.05) is 11.8 Å². The van der Waals surface area contributed by atoms with E-state index in [0.29, 0.717) is 4.47 Å². The Morgan fingerprint density at radius 1 is 1.25 bits per heavy atom. The molecule has 20 heavy (non-hydrogen) atoms. The van der Waals surface area contributed by atoms with Gasteiger partial charge in [-0.1, -0.05) is 17.7 Å². The summed E-state index contributed by atoms with van der Waals surface area (Å²) in [7, 11) is -2.24. The Balaban J connectivity index is 2.37. The second-order valence-electron chi connectivity index (χ2n) is 4.13. The van der Waals surface area contributed by atoms with Crippen LogP contribution < -0.4 is 9.46 Å². The van der Waals surface area contributed by atoms with Crippen molar-refractivity contribution in [3.63, 3.8) is 0 Å². The lowest BCUT2D eigenvalue weighted by atomic mass is 10.2. The van der Waals surface area contributed by atoms with Gasteiger partial charge in [0.2, 0.25) is 5.88 Å². The Hall–Kier alpha value is -1.60. The predicted molar refractivity (Wildman–Crippen MR) is 80.5 cm³/mol. The van der Waals surface area contributed by atoms with Crippen LogP contribution in [0.2, 0.25) is 0 Å². The maximum atomic E-state index is 12.3. The molecular formula is C13H13BrN2O3S. The molecule has 1 aromatic heterocycles. The van der Waals surface area contributed by atoms with Crippen LogP contribution in [0.1, 0.15) is 5.56 Å². The first kappa shape index (κ1) is 14.8. The molecule has 0 radical (unpaired) electrons. The van der Waals surface area contributed by atoms with Gasteiger partial charge in [-0.3, -0.25) is 4.72 Å². The third kappa shape index (κ3) is 3.29. The first-order valence-corrected chi connectivity index (χ1v) is 7.99. The molecule has 0 spiro atoms. The minimum atomic E-state index is -3.67. The van der Waals surface area contributed by atoms with Crippen LogP contribution in [-0.4, -0.2) is 20.5 Å². The van der Waals surface area contributed by atoms with Gasteiger partial charge in [-0.15, -0.1) is 0 Å². The van der Waals surface area contributed by atoms with E-state index < -0.39 is 10.0 Å². The molecule has 7 heteroatoms. The molecule has 5 nitrogen and oxygen atoms in total. The van der Waals surface area contributed by atoms with Crippen LogP contribution in [0.4, 0.5) is 5.69 Å². The van der Waals surface area contributed by atoms with Crippen molar-refractivity contribution in [3.05, 3.63) is 46.6 Å². The minimum absolute atomic E-state index is 0.185. The van der Waals surface area contributed by atoms with Crippen LogP contribution in [0, 0.1) is 6.92 Å². The molecule has 2 rings (SSSR count). The number of ether oxygens (including phenoxy) is 1. The van der Waals surface area contributed by atoms with Crippen molar-refractivity contribution in [1.29, 1.82) is 0 Å². The van der Waals surface area contributed by atoms with Gasteiger partial charge in [-0.05, 0) is 41.1 Å². The third-order valence-corrected chi connectivity index (χ3v) is 4.40. The molecule has 0 aliphatic rings. The number of sulfonamides is 1. The van der Waals surface area contributed by atoms with Crippen LogP contribution in [0.3, 0.4) is 0 Å². The smallest absolute Gasteiger partial charge is 0.262 e. The van der Waals surface area contributed by atoms with E-state index in [9.17, 15) is 8.42 Å². The molecule has 0 unspecified atom stereocenters. The molecule has 0 bridgehead atoms. The summed E-state index contributed by atoms with van der Waals surface area (Å²) in [4.78, 5) is 4.18. The highest BCUT2D eigenvalue weighted by atomic mass is 79.9. The van der Waals surface area contributed by atoms with Gasteiger partial charge < -0.3 is 4.74 Å². The van der Waals surface area contributed by atoms with E-state index in [2.05, 4.69) is 25.6 Å². The van der Waals surface area contributed by atoms with Crippen molar-refractivity contribution in [2.24, 2.45) is 0 Å². The van der Waals surface area contributed by atoms with Gasteiger partial charge in [0.25, 0.3) is 10.0 Å². The summed E-state index contributed by atoms with van der Waals surface area (Å²) in [6, 6.07) is 8.18. The summed E-state index contributed by atoms with van der Waals surface area (Å²) >= 11 is 3.25. The van der Waals surface area contributed by atoms with Crippen LogP contribution in [-0.2, 0) is 10.0 Å². The molecule has 0 fully saturated rings. The monoisotopic (exact) mass is 356 g/mol. The first-order valence-electron chi connectivity index (χ1n) is 5.71. The summed E-state index contributed by atoms with van der Waals surface area (Å²) in [5, 5.41) is 0. The van der Waals surface area contributed by atoms with Crippen LogP contribution >= 0.6 is 15.9 Å². The second-order valence-corrected chi connectivity index (χ2v) is 6.73. The van der Waals surface area contributed by atoms with Crippen molar-refractivity contribution in [3.8, 4) is 5.88 Å². The van der Waals surface area contributed by atoms with E-state index in [1.807, 2.05) is 6.92 Å². The van der Waals surface area contributed by atoms with Crippen molar-refractivity contribution < 1.29 is 13.2 Å². The lowest BCUT2D eigenvalue weighted by Gasteiger charge is -2.11. The maximum Gasteiger partial charge on any atom is 0.262 e. The highest BCUT2D eigenvalue weighted by molar-refractivity contribution is 9.10. The highest BCUT2D eigenvalue weighted by Crippen LogP contribution is 2.27. The number of nitrogens with zero attached hydrogens (tertiary/aromatic N) is 1. The average molecular weight is 357 g/mol. The van der Waals surface area contributed by atoms with E-state index in [0.717, 1.165) is 5.56 Å². The summed E-state index contributed by atoms with van der Waals surface area (Å²) in [6.45, 7) is 1.89. The summed E-state index contributed by atoms with van der Waals surface area (Å²) in [5.41, 5.74) is 1.27. The Kier molecular flexibility index (Phi) is 4.29. The number of hydrogen-bond acceptors (Lipinski definition) is 4. The van der Waals surface area contributed by atoms with Gasteiger partial charge in [0.1, 0.15) is 5.69 Å². The number of pyridine rings is 1. The van der Waals surface area contributed by atoms with Gasteiger partial charge in [0, 0.05) is 10.7 Å². The predicted octanol–water partition coefficient (Wildman–Crippen LogP) is 2.96. The van der Waals surface area contributed by atoms with Crippen molar-refractivity contribution in [1.82, 2.24) is 4.98 Å².